The van der Waals surface area contributed by atoms with Gasteiger partial charge in [-0.3, -0.25) is 4.79 Å². The number of hydrogen-bond acceptors (Lipinski definition) is 5. The van der Waals surface area contributed by atoms with E-state index in [1.165, 1.54) is 0 Å². The molecule has 0 aromatic heterocycles. The van der Waals surface area contributed by atoms with Crippen molar-refractivity contribution in [3.05, 3.63) is 53.1 Å². The van der Waals surface area contributed by atoms with Crippen LogP contribution in [0.5, 0.6) is 23.0 Å². The highest BCUT2D eigenvalue weighted by molar-refractivity contribution is 5.82. The molecule has 6 heteroatoms. The number of nitrogens with zero attached hydrogens (tertiary/aromatic N) is 1. The van der Waals surface area contributed by atoms with Crippen molar-refractivity contribution in [1.29, 1.82) is 0 Å². The molecule has 0 N–H and O–H groups in total. The van der Waals surface area contributed by atoms with Crippen molar-refractivity contribution >= 4 is 11.5 Å². The minimum Gasteiger partial charge on any atom is -0.496 e. The largest absolute Gasteiger partial charge is 0.496 e. The first-order valence-corrected chi connectivity index (χ1v) is 9.94. The van der Waals surface area contributed by atoms with Gasteiger partial charge in [-0.25, -0.2) is 0 Å². The van der Waals surface area contributed by atoms with Crippen LogP contribution in [-0.2, 0) is 4.79 Å². The maximum absolute atomic E-state index is 12.6. The molecule has 160 valence electrons. The summed E-state index contributed by atoms with van der Waals surface area (Å²) in [5, 5.41) is 0. The molecule has 0 bridgehead atoms. The van der Waals surface area contributed by atoms with Gasteiger partial charge in [0, 0.05) is 25.2 Å². The molecular weight excluding hydrogens is 382 g/mol. The molecule has 1 aliphatic rings. The molecule has 0 saturated heterocycles. The van der Waals surface area contributed by atoms with Gasteiger partial charge in [-0.2, -0.15) is 0 Å². The fraction of sp³-hybridized carbons (Fsp3) is 0.375. The summed E-state index contributed by atoms with van der Waals surface area (Å²) in [7, 11) is 4.86. The van der Waals surface area contributed by atoms with E-state index in [9.17, 15) is 4.79 Å². The van der Waals surface area contributed by atoms with Gasteiger partial charge in [-0.1, -0.05) is 18.2 Å². The van der Waals surface area contributed by atoms with Crippen molar-refractivity contribution in [2.24, 2.45) is 0 Å². The highest BCUT2D eigenvalue weighted by atomic mass is 16.5. The number of rotatable bonds is 7. The number of methoxy groups -OCH3 is 3. The number of benzene rings is 2. The zero-order chi connectivity index (χ0) is 21.7. The molecule has 0 radical (unpaired) electrons. The summed E-state index contributed by atoms with van der Waals surface area (Å²) < 4.78 is 22.2. The highest BCUT2D eigenvalue weighted by Gasteiger charge is 2.23. The molecule has 0 unspecified atom stereocenters. The van der Waals surface area contributed by atoms with Crippen molar-refractivity contribution in [3.8, 4) is 23.0 Å². The Hall–Kier alpha value is -3.15. The third-order valence-electron chi connectivity index (χ3n) is 5.50. The van der Waals surface area contributed by atoms with Gasteiger partial charge >= 0.3 is 0 Å². The first-order valence-electron chi connectivity index (χ1n) is 9.94. The topological polar surface area (TPSA) is 57.2 Å². The van der Waals surface area contributed by atoms with Crippen LogP contribution in [0.1, 0.15) is 23.1 Å². The van der Waals surface area contributed by atoms with E-state index in [1.54, 1.807) is 26.2 Å². The van der Waals surface area contributed by atoms with Gasteiger partial charge in [0.25, 0.3) is 5.91 Å². The van der Waals surface area contributed by atoms with Crippen LogP contribution in [0.25, 0.3) is 5.57 Å². The van der Waals surface area contributed by atoms with Gasteiger partial charge in [0.2, 0.25) is 0 Å². The van der Waals surface area contributed by atoms with Gasteiger partial charge in [-0.05, 0) is 43.0 Å². The van der Waals surface area contributed by atoms with Crippen molar-refractivity contribution in [2.75, 3.05) is 41.0 Å². The molecule has 0 fully saturated rings. The van der Waals surface area contributed by atoms with Crippen molar-refractivity contribution < 1.29 is 23.7 Å². The average molecular weight is 411 g/mol. The fourth-order valence-corrected chi connectivity index (χ4v) is 3.56. The Morgan fingerprint density at radius 1 is 1.00 bits per heavy atom. The normalized spacial score (nSPS) is 13.5. The maximum atomic E-state index is 12.6. The molecule has 2 aromatic rings. The zero-order valence-corrected chi connectivity index (χ0v) is 18.3. The number of amides is 1. The van der Waals surface area contributed by atoms with Gasteiger partial charge in [0.15, 0.2) is 6.61 Å². The SMILES string of the molecule is COc1cc(OC)c(C2=CCN(C(=O)COc3cccc(C)c3C)CC2)c(OC)c1. The molecule has 0 spiro atoms. The second kappa shape index (κ2) is 9.57. The Kier molecular flexibility index (Phi) is 6.87. The lowest BCUT2D eigenvalue weighted by Gasteiger charge is -2.28. The fourth-order valence-electron chi connectivity index (χ4n) is 3.56. The van der Waals surface area contributed by atoms with E-state index in [2.05, 4.69) is 0 Å². The number of ether oxygens (including phenoxy) is 4. The number of aryl methyl sites for hydroxylation is 1. The molecule has 30 heavy (non-hydrogen) atoms. The molecular formula is C24H29NO5. The molecule has 0 saturated carbocycles. The first-order chi connectivity index (χ1) is 14.5. The van der Waals surface area contributed by atoms with Crippen molar-refractivity contribution in [1.82, 2.24) is 4.90 Å². The quantitative estimate of drug-likeness (QED) is 0.689. The molecule has 2 aromatic carbocycles. The molecule has 0 aliphatic carbocycles. The van der Waals surface area contributed by atoms with E-state index in [0.717, 1.165) is 28.0 Å². The summed E-state index contributed by atoms with van der Waals surface area (Å²) in [6.07, 6.45) is 2.75. The molecule has 1 heterocycles. The second-order valence-electron chi connectivity index (χ2n) is 7.21. The lowest BCUT2D eigenvalue weighted by Crippen LogP contribution is -2.38. The van der Waals surface area contributed by atoms with Gasteiger partial charge < -0.3 is 23.8 Å². The lowest BCUT2D eigenvalue weighted by atomic mass is 9.97. The number of carbonyl (C=O) groups is 1. The summed E-state index contributed by atoms with van der Waals surface area (Å²) in [4.78, 5) is 14.4. The second-order valence-corrected chi connectivity index (χ2v) is 7.21. The Bertz CT molecular complexity index is 926. The third-order valence-corrected chi connectivity index (χ3v) is 5.50. The smallest absolute Gasteiger partial charge is 0.260 e. The van der Waals surface area contributed by atoms with E-state index < -0.39 is 0 Å². The molecule has 1 amide bonds. The van der Waals surface area contributed by atoms with Crippen LogP contribution in [0, 0.1) is 13.8 Å². The molecule has 3 rings (SSSR count). The van der Waals surface area contributed by atoms with E-state index in [4.69, 9.17) is 18.9 Å². The molecule has 6 nitrogen and oxygen atoms in total. The number of carbonyl (C=O) groups excluding carboxylic acids is 1. The predicted octanol–water partition coefficient (Wildman–Crippen LogP) is 4.02. The summed E-state index contributed by atoms with van der Waals surface area (Å²) in [6.45, 7) is 5.19. The summed E-state index contributed by atoms with van der Waals surface area (Å²) in [6, 6.07) is 9.55. The molecule has 1 aliphatic heterocycles. The van der Waals surface area contributed by atoms with Crippen LogP contribution < -0.4 is 18.9 Å². The Morgan fingerprint density at radius 2 is 1.70 bits per heavy atom. The summed E-state index contributed by atoms with van der Waals surface area (Å²) in [5.41, 5.74) is 4.20. The van der Waals surface area contributed by atoms with Gasteiger partial charge in [-0.15, -0.1) is 0 Å². The third kappa shape index (κ3) is 4.53. The van der Waals surface area contributed by atoms with E-state index in [0.29, 0.717) is 36.8 Å². The molecule has 0 atom stereocenters. The number of hydrogen-bond donors (Lipinski definition) is 0. The van der Waals surface area contributed by atoms with E-state index >= 15 is 0 Å². The maximum Gasteiger partial charge on any atom is 0.260 e. The minimum absolute atomic E-state index is 0.0279. The van der Waals surface area contributed by atoms with Crippen LogP contribution in [0.2, 0.25) is 0 Å². The van der Waals surface area contributed by atoms with Crippen LogP contribution in [0.15, 0.2) is 36.4 Å². The van der Waals surface area contributed by atoms with Crippen molar-refractivity contribution in [3.63, 3.8) is 0 Å². The Labute approximate surface area is 178 Å². The van der Waals surface area contributed by atoms with Crippen LogP contribution >= 0.6 is 0 Å². The zero-order valence-electron chi connectivity index (χ0n) is 18.3. The lowest BCUT2D eigenvalue weighted by molar-refractivity contribution is -0.132. The van der Waals surface area contributed by atoms with E-state index in [-0.39, 0.29) is 12.5 Å². The monoisotopic (exact) mass is 411 g/mol. The highest BCUT2D eigenvalue weighted by Crippen LogP contribution is 2.40. The van der Waals surface area contributed by atoms with Gasteiger partial charge in [0.1, 0.15) is 23.0 Å². The minimum atomic E-state index is -0.0279. The predicted molar refractivity (Wildman–Crippen MR) is 117 cm³/mol. The Morgan fingerprint density at radius 3 is 2.27 bits per heavy atom. The van der Waals surface area contributed by atoms with Crippen LogP contribution in [-0.4, -0.2) is 51.8 Å². The van der Waals surface area contributed by atoms with Gasteiger partial charge in [0.05, 0.1) is 26.9 Å². The van der Waals surface area contributed by atoms with E-state index in [1.807, 2.05) is 50.3 Å². The summed E-state index contributed by atoms with van der Waals surface area (Å²) in [5.74, 6) is 2.78. The first kappa shape index (κ1) is 21.6. The van der Waals surface area contributed by atoms with Crippen molar-refractivity contribution in [2.45, 2.75) is 20.3 Å². The standard InChI is InChI=1S/C24H29NO5/c1-16-7-6-8-20(17(16)2)30-15-23(26)25-11-9-18(10-12-25)24-21(28-4)13-19(27-3)14-22(24)29-5/h6-9,13-14H,10-12,15H2,1-5H3. The Balaban J connectivity index is 1.70. The van der Waals surface area contributed by atoms with Crippen LogP contribution in [0.4, 0.5) is 0 Å². The van der Waals surface area contributed by atoms with Crippen LogP contribution in [0.3, 0.4) is 0 Å². The summed E-state index contributed by atoms with van der Waals surface area (Å²) >= 11 is 0. The average Bonchev–Trinajstić information content (AvgIpc) is 2.78.